The maximum Gasteiger partial charge on any atom is 0.322 e. The number of imide groups is 1. The van der Waals surface area contributed by atoms with E-state index in [-0.39, 0.29) is 0 Å². The van der Waals surface area contributed by atoms with Gasteiger partial charge in [0, 0.05) is 27.1 Å². The summed E-state index contributed by atoms with van der Waals surface area (Å²) in [6.45, 7) is 1.44. The molecule has 0 aliphatic carbocycles. The molecule has 0 saturated carbocycles. The standard InChI is InChI=1S/C15H13ClN2O4S2/c1-15(13(20)17-14(21)18-15)12(19)10-6-7-11(23-10)24(22)9-4-2-8(16)3-5-9/h2-7,12,19H,1H3,(H2,17,18,20,21). The van der Waals surface area contributed by atoms with Crippen LogP contribution in [-0.4, -0.2) is 27.1 Å². The van der Waals surface area contributed by atoms with Crippen molar-refractivity contribution in [1.82, 2.24) is 10.6 Å². The van der Waals surface area contributed by atoms with E-state index in [1.54, 1.807) is 36.4 Å². The molecule has 6 nitrogen and oxygen atoms in total. The van der Waals surface area contributed by atoms with Gasteiger partial charge < -0.3 is 15.0 Å². The first-order valence-corrected chi connectivity index (χ1v) is 9.24. The van der Waals surface area contributed by atoms with E-state index in [1.807, 2.05) is 0 Å². The van der Waals surface area contributed by atoms with Crippen molar-refractivity contribution in [2.75, 3.05) is 0 Å². The first kappa shape index (κ1) is 17.2. The number of amides is 3. The SMILES string of the molecule is CC1(C(O)c2ccc([S+]([O-])c3ccc(Cl)cc3)s2)NC(=O)NC1=O. The summed E-state index contributed by atoms with van der Waals surface area (Å²) < 4.78 is 13.1. The molecule has 0 spiro atoms. The Morgan fingerprint density at radius 3 is 2.50 bits per heavy atom. The Bertz CT molecular complexity index is 795. The minimum Gasteiger partial charge on any atom is -0.606 e. The van der Waals surface area contributed by atoms with Gasteiger partial charge in [0.05, 0.1) is 0 Å². The first-order chi connectivity index (χ1) is 11.3. The number of hydrogen-bond acceptors (Lipinski definition) is 5. The van der Waals surface area contributed by atoms with Gasteiger partial charge in [0.1, 0.15) is 11.6 Å². The van der Waals surface area contributed by atoms with Crippen LogP contribution in [0.4, 0.5) is 4.79 Å². The van der Waals surface area contributed by atoms with Gasteiger partial charge in [-0.2, -0.15) is 0 Å². The van der Waals surface area contributed by atoms with Gasteiger partial charge in [-0.05, 0) is 37.3 Å². The van der Waals surface area contributed by atoms with E-state index in [2.05, 4.69) is 10.6 Å². The zero-order valence-electron chi connectivity index (χ0n) is 12.4. The molecule has 2 aromatic rings. The third-order valence-electron chi connectivity index (χ3n) is 3.70. The van der Waals surface area contributed by atoms with Crippen LogP contribution in [0.2, 0.25) is 5.02 Å². The summed E-state index contributed by atoms with van der Waals surface area (Å²) in [5.41, 5.74) is -1.46. The summed E-state index contributed by atoms with van der Waals surface area (Å²) in [5, 5.41) is 15.6. The smallest absolute Gasteiger partial charge is 0.322 e. The quantitative estimate of drug-likeness (QED) is 0.555. The van der Waals surface area contributed by atoms with Crippen LogP contribution in [0.25, 0.3) is 0 Å². The highest BCUT2D eigenvalue weighted by molar-refractivity contribution is 7.93. The fraction of sp³-hybridized carbons (Fsp3) is 0.200. The molecule has 3 amide bonds. The number of thiophene rings is 1. The molecule has 126 valence electrons. The number of rotatable bonds is 4. The predicted octanol–water partition coefficient (Wildman–Crippen LogP) is 2.20. The lowest BCUT2D eigenvalue weighted by Crippen LogP contribution is -2.48. The number of benzene rings is 1. The Balaban J connectivity index is 1.84. The van der Waals surface area contributed by atoms with Crippen LogP contribution in [0.1, 0.15) is 17.9 Å². The minimum atomic E-state index is -1.46. The lowest BCUT2D eigenvalue weighted by molar-refractivity contribution is -0.127. The van der Waals surface area contributed by atoms with E-state index in [1.165, 1.54) is 6.92 Å². The van der Waals surface area contributed by atoms with Gasteiger partial charge in [0.2, 0.25) is 4.21 Å². The highest BCUT2D eigenvalue weighted by Gasteiger charge is 2.49. The van der Waals surface area contributed by atoms with E-state index in [4.69, 9.17) is 11.6 Å². The summed E-state index contributed by atoms with van der Waals surface area (Å²) >= 11 is 5.52. The highest BCUT2D eigenvalue weighted by Crippen LogP contribution is 2.36. The second kappa shape index (κ2) is 6.38. The molecular weight excluding hydrogens is 372 g/mol. The van der Waals surface area contributed by atoms with Crippen molar-refractivity contribution in [3.8, 4) is 0 Å². The Morgan fingerprint density at radius 1 is 1.25 bits per heavy atom. The highest BCUT2D eigenvalue weighted by atomic mass is 35.5. The van der Waals surface area contributed by atoms with Crippen molar-refractivity contribution >= 4 is 46.1 Å². The lowest BCUT2D eigenvalue weighted by atomic mass is 9.94. The van der Waals surface area contributed by atoms with Gasteiger partial charge in [-0.25, -0.2) is 4.79 Å². The van der Waals surface area contributed by atoms with Crippen molar-refractivity contribution in [1.29, 1.82) is 0 Å². The average Bonchev–Trinajstić information content (AvgIpc) is 3.12. The molecule has 0 bridgehead atoms. The average molecular weight is 385 g/mol. The van der Waals surface area contributed by atoms with Crippen LogP contribution < -0.4 is 10.6 Å². The molecule has 0 radical (unpaired) electrons. The molecule has 1 aromatic heterocycles. The molecule has 3 atom stereocenters. The molecular formula is C15H13ClN2O4S2. The molecule has 2 heterocycles. The Labute approximate surface area is 150 Å². The van der Waals surface area contributed by atoms with Crippen molar-refractivity contribution in [2.45, 2.75) is 27.7 Å². The number of carbonyl (C=O) groups excluding carboxylic acids is 2. The second-order valence-corrected chi connectivity index (χ2v) is 8.65. The summed E-state index contributed by atoms with van der Waals surface area (Å²) in [7, 11) is 0. The fourth-order valence-corrected chi connectivity index (χ4v) is 4.95. The van der Waals surface area contributed by atoms with Crippen molar-refractivity contribution in [3.05, 3.63) is 46.3 Å². The van der Waals surface area contributed by atoms with Crippen molar-refractivity contribution in [2.24, 2.45) is 0 Å². The van der Waals surface area contributed by atoms with Crippen LogP contribution in [-0.2, 0) is 16.0 Å². The first-order valence-electron chi connectivity index (χ1n) is 6.90. The second-order valence-electron chi connectivity index (χ2n) is 5.39. The van der Waals surface area contributed by atoms with E-state index in [9.17, 15) is 19.2 Å². The molecule has 1 saturated heterocycles. The zero-order valence-corrected chi connectivity index (χ0v) is 14.8. The molecule has 1 aliphatic heterocycles. The van der Waals surface area contributed by atoms with Crippen LogP contribution >= 0.6 is 22.9 Å². The topological polar surface area (TPSA) is 101 Å². The van der Waals surface area contributed by atoms with Gasteiger partial charge in [-0.3, -0.25) is 10.1 Å². The predicted molar refractivity (Wildman–Crippen MR) is 90.5 cm³/mol. The Kier molecular flexibility index (Phi) is 4.58. The normalized spacial score (nSPS) is 22.8. The summed E-state index contributed by atoms with van der Waals surface area (Å²) in [6, 6.07) is 9.21. The molecule has 3 unspecified atom stereocenters. The number of aliphatic hydroxyl groups is 1. The van der Waals surface area contributed by atoms with Gasteiger partial charge >= 0.3 is 6.03 Å². The number of urea groups is 1. The maximum absolute atomic E-state index is 12.6. The van der Waals surface area contributed by atoms with E-state index in [0.717, 1.165) is 11.3 Å². The van der Waals surface area contributed by atoms with E-state index < -0.39 is 34.8 Å². The number of halogens is 1. The lowest BCUT2D eigenvalue weighted by Gasteiger charge is -2.25. The molecule has 24 heavy (non-hydrogen) atoms. The number of nitrogens with one attached hydrogen (secondary N) is 2. The van der Waals surface area contributed by atoms with Crippen molar-refractivity contribution in [3.63, 3.8) is 0 Å². The third-order valence-corrected chi connectivity index (χ3v) is 6.79. The molecule has 3 rings (SSSR count). The molecule has 3 N–H and O–H groups in total. The van der Waals surface area contributed by atoms with Crippen LogP contribution in [0, 0.1) is 0 Å². The summed E-state index contributed by atoms with van der Waals surface area (Å²) in [6.07, 6.45) is -1.25. The zero-order chi connectivity index (χ0) is 17.5. The van der Waals surface area contributed by atoms with Gasteiger partial charge in [-0.15, -0.1) is 0 Å². The monoisotopic (exact) mass is 384 g/mol. The van der Waals surface area contributed by atoms with Gasteiger partial charge in [0.15, 0.2) is 4.90 Å². The Hall–Kier alpha value is -1.58. The van der Waals surface area contributed by atoms with Gasteiger partial charge in [0.25, 0.3) is 5.91 Å². The maximum atomic E-state index is 12.6. The van der Waals surface area contributed by atoms with E-state index >= 15 is 0 Å². The van der Waals surface area contributed by atoms with Crippen LogP contribution in [0.5, 0.6) is 0 Å². The number of aliphatic hydroxyl groups excluding tert-OH is 1. The summed E-state index contributed by atoms with van der Waals surface area (Å²) in [5.74, 6) is -0.603. The Morgan fingerprint density at radius 2 is 1.92 bits per heavy atom. The fourth-order valence-electron chi connectivity index (χ4n) is 2.29. The minimum absolute atomic E-state index is 0.437. The third kappa shape index (κ3) is 3.03. The summed E-state index contributed by atoms with van der Waals surface area (Å²) in [4.78, 5) is 24.2. The van der Waals surface area contributed by atoms with Gasteiger partial charge in [-0.1, -0.05) is 22.9 Å². The molecule has 1 fully saturated rings. The largest absolute Gasteiger partial charge is 0.606 e. The number of carbonyl (C=O) groups is 2. The molecule has 1 aromatic carbocycles. The number of hydrogen-bond donors (Lipinski definition) is 3. The van der Waals surface area contributed by atoms with Crippen LogP contribution in [0.3, 0.4) is 0 Å². The van der Waals surface area contributed by atoms with Crippen molar-refractivity contribution < 1.29 is 19.2 Å². The van der Waals surface area contributed by atoms with Crippen LogP contribution in [0.15, 0.2) is 45.5 Å². The van der Waals surface area contributed by atoms with E-state index in [0.29, 0.717) is 19.0 Å². The molecule has 1 aliphatic rings. The molecule has 9 heteroatoms.